The fourth-order valence-corrected chi connectivity index (χ4v) is 15.0. The minimum Gasteiger partial charge on any atom is -0.394 e. The number of carbonyl (C=O) groups is 1. The van der Waals surface area contributed by atoms with Crippen molar-refractivity contribution in [3.8, 4) is 0 Å². The van der Waals surface area contributed by atoms with Crippen molar-refractivity contribution in [3.05, 3.63) is 24.3 Å². The second-order valence-corrected chi connectivity index (χ2v) is 30.9. The zero-order chi connectivity index (χ0) is 81.7. The Hall–Kier alpha value is -2.33. The molecule has 12 unspecified atom stereocenters. The van der Waals surface area contributed by atoms with Gasteiger partial charge >= 0.3 is 0 Å². The number of nitrogens with one attached hydrogen (secondary N) is 1. The predicted molar refractivity (Wildman–Crippen MR) is 398 cm³/mol. The largest absolute Gasteiger partial charge is 0.394 e. The molecule has 0 bridgehead atoms. The van der Waals surface area contributed by atoms with Gasteiger partial charge in [0.1, 0.15) is 146 Å². The zero-order valence-corrected chi connectivity index (χ0v) is 65.6. The lowest BCUT2D eigenvalue weighted by Gasteiger charge is -2.50. The van der Waals surface area contributed by atoms with E-state index in [1.165, 1.54) is 128 Å². The maximum atomic E-state index is 13.5. The third kappa shape index (κ3) is 30.4. The summed E-state index contributed by atoms with van der Waals surface area (Å²) in [6.45, 7) is -1.91. The van der Waals surface area contributed by atoms with E-state index in [0.29, 0.717) is 12.8 Å². The van der Waals surface area contributed by atoms with Gasteiger partial charge in [-0.1, -0.05) is 192 Å². The van der Waals surface area contributed by atoms with Gasteiger partial charge in [0.15, 0.2) is 37.7 Å². The van der Waals surface area contributed by atoms with Crippen LogP contribution in [-0.4, -0.2) is 351 Å². The third-order valence-electron chi connectivity index (χ3n) is 22.1. The lowest BCUT2D eigenvalue weighted by atomic mass is 9.95. The van der Waals surface area contributed by atoms with Gasteiger partial charge in [0.05, 0.1) is 58.4 Å². The summed E-state index contributed by atoms with van der Waals surface area (Å²) in [5.41, 5.74) is 0. The van der Waals surface area contributed by atoms with E-state index in [9.17, 15) is 107 Å². The third-order valence-corrected chi connectivity index (χ3v) is 22.1. The molecule has 34 heteroatoms. The second-order valence-electron chi connectivity index (χ2n) is 30.9. The van der Waals surface area contributed by atoms with Crippen molar-refractivity contribution >= 4 is 5.91 Å². The van der Waals surface area contributed by atoms with Crippen molar-refractivity contribution in [2.24, 2.45) is 0 Å². The summed E-state index contributed by atoms with van der Waals surface area (Å²) >= 11 is 0. The number of ether oxygens (including phenoxy) is 12. The van der Waals surface area contributed by atoms with Crippen LogP contribution in [0, 0.1) is 0 Å². The number of hydrogen-bond acceptors (Lipinski definition) is 33. The van der Waals surface area contributed by atoms with E-state index >= 15 is 0 Å². The van der Waals surface area contributed by atoms with Crippen LogP contribution in [-0.2, 0) is 61.6 Å². The van der Waals surface area contributed by atoms with Gasteiger partial charge in [-0.05, 0) is 44.9 Å². The molecule has 0 aromatic heterocycles. The van der Waals surface area contributed by atoms with Crippen molar-refractivity contribution < 1.29 is 164 Å². The predicted octanol–water partition coefficient (Wildman–Crippen LogP) is -0.595. The SMILES string of the molecule is CCCCCCCC/C=C\CCCCCCCCCCCCCC(=O)N[C@@H](CO[C@@H]1OC(CO)[C@@H](O[C@@H]2OC(CO)[C@H](O[C@@H]3OC(CO)[C@H](O)[C@H](O[C@H]4OC(CO)[C@H](O)[C@H](O[C@H]5OC(CO)[C@H](O)[C@H](O[C@H]6OC(CO)[C@H](O)[C@H](O)C6O)C5O)C4O)C3O)[C@H](O)C2O)[C@H](O)C1O)[C@H](O)/C=C/CCCCCCCCCCCCC. The molecule has 112 heavy (non-hydrogen) atoms. The molecule has 0 radical (unpaired) electrons. The van der Waals surface area contributed by atoms with Gasteiger partial charge in [0, 0.05) is 6.42 Å². The Kier molecular flexibility index (Phi) is 47.5. The first-order valence-corrected chi connectivity index (χ1v) is 41.6. The normalized spacial score (nSPS) is 37.4. The van der Waals surface area contributed by atoms with Crippen molar-refractivity contribution in [2.75, 3.05) is 46.2 Å². The number of amides is 1. The molecule has 32 atom stereocenters. The topological polar surface area (TPSA) is 544 Å². The standard InChI is InChI=1S/C78H141NO33/c1-3-5-7-9-11-13-15-17-18-19-20-21-22-23-24-26-28-30-32-34-36-38-54(87)79-46(47(86)37-35-33-31-29-27-25-16-14-12-10-8-6-4-2)45-101-73-63(96)60(93)68(52(43-84)106-73)108-75-64(97)61(94)69(53(44-85)107-75)109-76-65(98)71(57(90)49(40-81)103-76)111-78-67(100)72(58(91)51(42-83)105-78)112-77-66(99)70(56(89)50(41-82)104-77)110-74-62(95)59(92)55(88)48(39-80)102-74/h17-18,35,37,46-53,55-78,80-86,88-100H,3-16,19-34,36,38-45H2,1-2H3,(H,79,87)/b18-17-,37-35+/t46-,47+,48?,49?,50?,51?,52?,53?,55-,56-,57-,58-,59-,60+,61+,62?,63?,64?,65?,66?,67?,68+,69-,70-,71-,72-,73+,74+,75-,76-,77+,78+/m0/s1. The van der Waals surface area contributed by atoms with Crippen LogP contribution in [0.25, 0.3) is 0 Å². The van der Waals surface area contributed by atoms with Gasteiger partial charge in [-0.3, -0.25) is 4.79 Å². The Morgan fingerprint density at radius 1 is 0.312 bits per heavy atom. The van der Waals surface area contributed by atoms with Crippen LogP contribution in [0.3, 0.4) is 0 Å². The molecule has 656 valence electrons. The first-order valence-electron chi connectivity index (χ1n) is 41.6. The molecule has 0 saturated carbocycles. The Balaban J connectivity index is 1.01. The first kappa shape index (κ1) is 98.5. The summed E-state index contributed by atoms with van der Waals surface area (Å²) < 4.78 is 69.1. The summed E-state index contributed by atoms with van der Waals surface area (Å²) in [6.07, 6.45) is -15.8. The van der Waals surface area contributed by atoms with E-state index in [2.05, 4.69) is 31.3 Å². The molecule has 1 amide bonds. The van der Waals surface area contributed by atoms with E-state index in [4.69, 9.17) is 56.8 Å². The molecule has 0 spiro atoms. The smallest absolute Gasteiger partial charge is 0.220 e. The molecular formula is C78H141NO33. The van der Waals surface area contributed by atoms with Crippen LogP contribution in [0.4, 0.5) is 0 Å². The van der Waals surface area contributed by atoms with Crippen LogP contribution in [0.5, 0.6) is 0 Å². The lowest BCUT2D eigenvalue weighted by Crippen LogP contribution is -2.68. The van der Waals surface area contributed by atoms with Crippen LogP contribution in [0.15, 0.2) is 24.3 Å². The molecule has 6 saturated heterocycles. The van der Waals surface area contributed by atoms with Crippen molar-refractivity contribution in [2.45, 2.75) is 416 Å². The number of hydrogen-bond donors (Lipinski definition) is 21. The van der Waals surface area contributed by atoms with Crippen LogP contribution >= 0.6 is 0 Å². The highest BCUT2D eigenvalue weighted by Crippen LogP contribution is 2.38. The molecule has 6 fully saturated rings. The Morgan fingerprint density at radius 2 is 0.589 bits per heavy atom. The van der Waals surface area contributed by atoms with Crippen LogP contribution in [0.2, 0.25) is 0 Å². The van der Waals surface area contributed by atoms with E-state index in [0.717, 1.165) is 57.8 Å². The molecule has 21 N–H and O–H groups in total. The van der Waals surface area contributed by atoms with Gasteiger partial charge in [-0.15, -0.1) is 0 Å². The minimum atomic E-state index is -2.27. The van der Waals surface area contributed by atoms with E-state index in [1.807, 2.05) is 6.08 Å². The monoisotopic (exact) mass is 1620 g/mol. The van der Waals surface area contributed by atoms with Crippen LogP contribution in [0.1, 0.15) is 219 Å². The number of allylic oxidation sites excluding steroid dienone is 3. The van der Waals surface area contributed by atoms with Gasteiger partial charge in [0.25, 0.3) is 0 Å². The molecule has 6 aliphatic rings. The average Bonchev–Trinajstić information content (AvgIpc) is 0.783. The molecule has 6 aliphatic heterocycles. The maximum Gasteiger partial charge on any atom is 0.220 e. The number of aliphatic hydroxyl groups excluding tert-OH is 20. The summed E-state index contributed by atoms with van der Waals surface area (Å²) in [5, 5.41) is 223. The average molecular weight is 1620 g/mol. The number of aliphatic hydroxyl groups is 20. The van der Waals surface area contributed by atoms with Gasteiger partial charge in [-0.2, -0.15) is 0 Å². The molecule has 0 aromatic carbocycles. The van der Waals surface area contributed by atoms with E-state index in [-0.39, 0.29) is 12.3 Å². The summed E-state index contributed by atoms with van der Waals surface area (Å²) in [4.78, 5) is 13.5. The first-order chi connectivity index (χ1) is 54.0. The van der Waals surface area contributed by atoms with Crippen LogP contribution < -0.4 is 5.32 Å². The van der Waals surface area contributed by atoms with Gasteiger partial charge in [0.2, 0.25) is 5.91 Å². The highest BCUT2D eigenvalue weighted by atomic mass is 16.8. The number of unbranched alkanes of at least 4 members (excludes halogenated alkanes) is 28. The fraction of sp³-hybridized carbons (Fsp3) is 0.936. The summed E-state index contributed by atoms with van der Waals surface area (Å²) in [7, 11) is 0. The Bertz CT molecular complexity index is 2500. The molecule has 6 heterocycles. The fourth-order valence-electron chi connectivity index (χ4n) is 15.0. The van der Waals surface area contributed by atoms with Crippen molar-refractivity contribution in [1.82, 2.24) is 5.32 Å². The highest BCUT2D eigenvalue weighted by molar-refractivity contribution is 5.76. The van der Waals surface area contributed by atoms with Gasteiger partial charge in [-0.25, -0.2) is 0 Å². The summed E-state index contributed by atoms with van der Waals surface area (Å²) in [6, 6.07) is -1.06. The Labute approximate surface area is 658 Å². The zero-order valence-electron chi connectivity index (χ0n) is 65.6. The lowest BCUT2D eigenvalue weighted by molar-refractivity contribution is -0.398. The molecule has 0 aliphatic carbocycles. The van der Waals surface area contributed by atoms with Crippen molar-refractivity contribution in [3.63, 3.8) is 0 Å². The summed E-state index contributed by atoms with van der Waals surface area (Å²) in [5.74, 6) is -0.335. The molecule has 0 aromatic rings. The van der Waals surface area contributed by atoms with Crippen molar-refractivity contribution in [1.29, 1.82) is 0 Å². The second kappa shape index (κ2) is 54.0. The Morgan fingerprint density at radius 3 is 0.946 bits per heavy atom. The molecule has 6 rings (SSSR count). The number of carbonyl (C=O) groups excluding carboxylic acids is 1. The minimum absolute atomic E-state index is 0.182. The van der Waals surface area contributed by atoms with E-state index < -0.39 is 243 Å². The highest BCUT2D eigenvalue weighted by Gasteiger charge is 2.58. The van der Waals surface area contributed by atoms with Gasteiger partial charge < -0.3 is 164 Å². The van der Waals surface area contributed by atoms with E-state index in [1.54, 1.807) is 6.08 Å². The number of rotatable bonds is 55. The maximum absolute atomic E-state index is 13.5. The quantitative estimate of drug-likeness (QED) is 0.0267. The molecule has 34 nitrogen and oxygen atoms in total. The molecular weight excluding hydrogens is 1480 g/mol.